The van der Waals surface area contributed by atoms with Crippen LogP contribution in [-0.4, -0.2) is 30.2 Å². The first-order valence-electron chi connectivity index (χ1n) is 7.52. The minimum Gasteiger partial charge on any atom is -0.444 e. The van der Waals surface area contributed by atoms with Crippen molar-refractivity contribution in [2.45, 2.75) is 71.4 Å². The number of carbonyl (C=O) groups excluding carboxylic acids is 2. The van der Waals surface area contributed by atoms with Crippen LogP contribution in [0.4, 0.5) is 4.79 Å². The Balaban J connectivity index is 2.15. The molecule has 0 aromatic rings. The van der Waals surface area contributed by atoms with Gasteiger partial charge in [0.2, 0.25) is 5.91 Å². The standard InChI is InChI=1S/C15H28N2O3/c1-11-6-5-7-12(10-11)17-13(18)8-9-16-14(19)20-15(2,3)4/h11-12H,5-10H2,1-4H3,(H,16,19)(H,17,18). The Morgan fingerprint density at radius 1 is 1.25 bits per heavy atom. The van der Waals surface area contributed by atoms with Crippen molar-refractivity contribution in [3.8, 4) is 0 Å². The molecule has 20 heavy (non-hydrogen) atoms. The van der Waals surface area contributed by atoms with E-state index in [-0.39, 0.29) is 5.91 Å². The molecule has 116 valence electrons. The van der Waals surface area contributed by atoms with E-state index in [1.165, 1.54) is 12.8 Å². The van der Waals surface area contributed by atoms with Crippen LogP contribution in [0, 0.1) is 5.92 Å². The van der Waals surface area contributed by atoms with Crippen LogP contribution >= 0.6 is 0 Å². The summed E-state index contributed by atoms with van der Waals surface area (Å²) in [5.41, 5.74) is -0.509. The summed E-state index contributed by atoms with van der Waals surface area (Å²) < 4.78 is 5.10. The number of rotatable bonds is 4. The molecule has 1 saturated carbocycles. The third kappa shape index (κ3) is 7.36. The highest BCUT2D eigenvalue weighted by Gasteiger charge is 2.20. The maximum atomic E-state index is 11.8. The molecular formula is C15H28N2O3. The van der Waals surface area contributed by atoms with E-state index in [2.05, 4.69) is 17.6 Å². The largest absolute Gasteiger partial charge is 0.444 e. The molecular weight excluding hydrogens is 256 g/mol. The molecule has 1 fully saturated rings. The molecule has 0 aromatic heterocycles. The van der Waals surface area contributed by atoms with Gasteiger partial charge in [0.1, 0.15) is 5.60 Å². The molecule has 1 aliphatic rings. The Labute approximate surface area is 121 Å². The summed E-state index contributed by atoms with van der Waals surface area (Å²) in [5.74, 6) is 0.689. The van der Waals surface area contributed by atoms with Crippen LogP contribution in [0.25, 0.3) is 0 Å². The van der Waals surface area contributed by atoms with E-state index >= 15 is 0 Å². The first-order valence-corrected chi connectivity index (χ1v) is 7.52. The summed E-state index contributed by atoms with van der Waals surface area (Å²) in [7, 11) is 0. The van der Waals surface area contributed by atoms with Gasteiger partial charge in [-0.05, 0) is 39.5 Å². The van der Waals surface area contributed by atoms with Crippen LogP contribution in [-0.2, 0) is 9.53 Å². The zero-order chi connectivity index (χ0) is 15.2. The van der Waals surface area contributed by atoms with Gasteiger partial charge in [-0.15, -0.1) is 0 Å². The number of hydrogen-bond acceptors (Lipinski definition) is 3. The summed E-state index contributed by atoms with van der Waals surface area (Å²) in [4.78, 5) is 23.2. The van der Waals surface area contributed by atoms with Gasteiger partial charge < -0.3 is 15.4 Å². The summed E-state index contributed by atoms with van der Waals surface area (Å²) in [6.45, 7) is 7.96. The van der Waals surface area contributed by atoms with E-state index in [4.69, 9.17) is 4.74 Å². The Hall–Kier alpha value is -1.26. The van der Waals surface area contributed by atoms with Gasteiger partial charge in [0.15, 0.2) is 0 Å². The molecule has 0 radical (unpaired) electrons. The van der Waals surface area contributed by atoms with E-state index in [0.29, 0.717) is 24.9 Å². The average molecular weight is 284 g/mol. The fraction of sp³-hybridized carbons (Fsp3) is 0.867. The smallest absolute Gasteiger partial charge is 0.407 e. The number of ether oxygens (including phenoxy) is 1. The number of carbonyl (C=O) groups is 2. The van der Waals surface area contributed by atoms with Gasteiger partial charge in [-0.2, -0.15) is 0 Å². The lowest BCUT2D eigenvalue weighted by molar-refractivity contribution is -0.121. The van der Waals surface area contributed by atoms with Crippen LogP contribution in [0.5, 0.6) is 0 Å². The molecule has 0 heterocycles. The highest BCUT2D eigenvalue weighted by atomic mass is 16.6. The Bertz CT molecular complexity index is 337. The van der Waals surface area contributed by atoms with Gasteiger partial charge in [0, 0.05) is 19.0 Å². The van der Waals surface area contributed by atoms with E-state index < -0.39 is 11.7 Å². The Morgan fingerprint density at radius 2 is 1.95 bits per heavy atom. The Morgan fingerprint density at radius 3 is 2.55 bits per heavy atom. The Kier molecular flexibility index (Phi) is 6.30. The average Bonchev–Trinajstić information content (AvgIpc) is 2.26. The molecule has 2 unspecified atom stereocenters. The number of nitrogens with one attached hydrogen (secondary N) is 2. The topological polar surface area (TPSA) is 67.4 Å². The lowest BCUT2D eigenvalue weighted by Crippen LogP contribution is -2.40. The fourth-order valence-corrected chi connectivity index (χ4v) is 2.46. The van der Waals surface area contributed by atoms with Gasteiger partial charge in [-0.1, -0.05) is 19.8 Å². The molecule has 2 atom stereocenters. The van der Waals surface area contributed by atoms with E-state index in [9.17, 15) is 9.59 Å². The maximum Gasteiger partial charge on any atom is 0.407 e. The SMILES string of the molecule is CC1CCCC(NC(=O)CCNC(=O)OC(C)(C)C)C1. The molecule has 2 N–H and O–H groups in total. The number of hydrogen-bond donors (Lipinski definition) is 2. The van der Waals surface area contributed by atoms with Crippen molar-refractivity contribution in [3.05, 3.63) is 0 Å². The molecule has 2 amide bonds. The minimum absolute atomic E-state index is 0.000147. The second kappa shape index (κ2) is 7.50. The van der Waals surface area contributed by atoms with Gasteiger partial charge in [0.25, 0.3) is 0 Å². The lowest BCUT2D eigenvalue weighted by atomic mass is 9.87. The van der Waals surface area contributed by atoms with Crippen molar-refractivity contribution < 1.29 is 14.3 Å². The van der Waals surface area contributed by atoms with Crippen molar-refractivity contribution >= 4 is 12.0 Å². The van der Waals surface area contributed by atoms with Crippen LogP contribution in [0.3, 0.4) is 0 Å². The van der Waals surface area contributed by atoms with Crippen LogP contribution in [0.15, 0.2) is 0 Å². The fourth-order valence-electron chi connectivity index (χ4n) is 2.46. The molecule has 1 rings (SSSR count). The zero-order valence-corrected chi connectivity index (χ0v) is 13.1. The highest BCUT2D eigenvalue weighted by Crippen LogP contribution is 2.23. The quantitative estimate of drug-likeness (QED) is 0.834. The number of amides is 2. The predicted molar refractivity (Wildman–Crippen MR) is 78.4 cm³/mol. The van der Waals surface area contributed by atoms with E-state index in [1.54, 1.807) is 0 Å². The summed E-state index contributed by atoms with van der Waals surface area (Å²) in [6, 6.07) is 0.299. The molecule has 0 aliphatic heterocycles. The van der Waals surface area contributed by atoms with Crippen molar-refractivity contribution in [2.24, 2.45) is 5.92 Å². The maximum absolute atomic E-state index is 11.8. The second-order valence-electron chi connectivity index (χ2n) is 6.71. The molecule has 0 spiro atoms. The summed E-state index contributed by atoms with van der Waals surface area (Å²) in [5, 5.41) is 5.63. The highest BCUT2D eigenvalue weighted by molar-refractivity contribution is 5.77. The predicted octanol–water partition coefficient (Wildman–Crippen LogP) is 2.60. The molecule has 0 saturated heterocycles. The third-order valence-electron chi connectivity index (χ3n) is 3.32. The van der Waals surface area contributed by atoms with Gasteiger partial charge in [0.05, 0.1) is 0 Å². The molecule has 5 nitrogen and oxygen atoms in total. The van der Waals surface area contributed by atoms with Crippen molar-refractivity contribution in [1.29, 1.82) is 0 Å². The summed E-state index contributed by atoms with van der Waals surface area (Å²) >= 11 is 0. The van der Waals surface area contributed by atoms with Crippen LogP contribution in [0.1, 0.15) is 59.8 Å². The monoisotopic (exact) mass is 284 g/mol. The molecule has 5 heteroatoms. The summed E-state index contributed by atoms with van der Waals surface area (Å²) in [6.07, 6.45) is 4.39. The van der Waals surface area contributed by atoms with Gasteiger partial charge in [-0.3, -0.25) is 4.79 Å². The molecule has 0 aromatic carbocycles. The molecule has 1 aliphatic carbocycles. The first-order chi connectivity index (χ1) is 9.26. The third-order valence-corrected chi connectivity index (χ3v) is 3.32. The van der Waals surface area contributed by atoms with Crippen molar-refractivity contribution in [2.75, 3.05) is 6.54 Å². The minimum atomic E-state index is -0.509. The van der Waals surface area contributed by atoms with E-state index in [0.717, 1.165) is 12.8 Å². The normalized spacial score (nSPS) is 23.0. The number of alkyl carbamates (subject to hydrolysis) is 1. The van der Waals surface area contributed by atoms with Crippen LogP contribution in [0.2, 0.25) is 0 Å². The van der Waals surface area contributed by atoms with E-state index in [1.807, 2.05) is 20.8 Å². The van der Waals surface area contributed by atoms with Crippen molar-refractivity contribution in [3.63, 3.8) is 0 Å². The second-order valence-corrected chi connectivity index (χ2v) is 6.71. The van der Waals surface area contributed by atoms with Gasteiger partial charge in [-0.25, -0.2) is 4.79 Å². The van der Waals surface area contributed by atoms with Gasteiger partial charge >= 0.3 is 6.09 Å². The van der Waals surface area contributed by atoms with Crippen molar-refractivity contribution in [1.82, 2.24) is 10.6 Å². The lowest BCUT2D eigenvalue weighted by Gasteiger charge is -2.27. The van der Waals surface area contributed by atoms with Crippen LogP contribution < -0.4 is 10.6 Å². The first kappa shape index (κ1) is 16.8. The zero-order valence-electron chi connectivity index (χ0n) is 13.1. The molecule has 0 bridgehead atoms.